The van der Waals surface area contributed by atoms with Crippen LogP contribution >= 0.6 is 0 Å². The van der Waals surface area contributed by atoms with E-state index in [0.717, 1.165) is 5.56 Å². The molecule has 6 atom stereocenters. The Morgan fingerprint density at radius 3 is 2.62 bits per heavy atom. The van der Waals surface area contributed by atoms with E-state index < -0.39 is 11.7 Å². The smallest absolute Gasteiger partial charge is 0.128 e. The van der Waals surface area contributed by atoms with Crippen LogP contribution in [0.1, 0.15) is 11.1 Å². The highest BCUT2D eigenvalue weighted by molar-refractivity contribution is 5.66. The molecule has 3 saturated heterocycles. The van der Waals surface area contributed by atoms with E-state index in [1.807, 2.05) is 18.2 Å². The Balaban J connectivity index is 1.68. The minimum absolute atomic E-state index is 0.0498. The summed E-state index contributed by atoms with van der Waals surface area (Å²) in [4.78, 5) is 0. The van der Waals surface area contributed by atoms with Crippen LogP contribution in [0.3, 0.4) is 0 Å². The summed E-state index contributed by atoms with van der Waals surface area (Å²) in [5.74, 6) is 0.00529. The second-order valence-corrected chi connectivity index (χ2v) is 6.21. The molecule has 2 N–H and O–H groups in total. The third-order valence-corrected chi connectivity index (χ3v) is 5.01. The molecule has 110 valence electrons. The molecule has 3 heterocycles. The van der Waals surface area contributed by atoms with Crippen molar-refractivity contribution in [2.45, 2.75) is 30.0 Å². The molecule has 1 aromatic rings. The maximum atomic E-state index is 11.5. The Kier molecular flexibility index (Phi) is 2.24. The summed E-state index contributed by atoms with van der Waals surface area (Å²) >= 11 is 0. The number of rotatable bonds is 2. The van der Waals surface area contributed by atoms with Gasteiger partial charge in [0.1, 0.15) is 29.7 Å². The quantitative estimate of drug-likeness (QED) is 0.787. The van der Waals surface area contributed by atoms with Crippen molar-refractivity contribution >= 4 is 6.08 Å². The van der Waals surface area contributed by atoms with Crippen molar-refractivity contribution in [3.63, 3.8) is 0 Å². The van der Waals surface area contributed by atoms with Gasteiger partial charge in [-0.15, -0.1) is 0 Å². The minimum atomic E-state index is -1.17. The highest BCUT2D eigenvalue weighted by atomic mass is 16.6. The maximum Gasteiger partial charge on any atom is 0.128 e. The second-order valence-electron chi connectivity index (χ2n) is 6.21. The van der Waals surface area contributed by atoms with Gasteiger partial charge >= 0.3 is 0 Å². The summed E-state index contributed by atoms with van der Waals surface area (Å²) in [6.07, 6.45) is 3.21. The average molecular weight is 288 g/mol. The first kappa shape index (κ1) is 12.2. The number of ether oxygens (including phenoxy) is 3. The lowest BCUT2D eigenvalue weighted by molar-refractivity contribution is -0.0708. The standard InChI is InChI=1S/C16H16O5/c17-11-3-1-2-9-8(11)4-5-10-14(12-6-19-12)21-15(13-7-20-13)16(9,10)18/h1-5,10,12-15,17-18H,6-7H2. The molecule has 0 saturated carbocycles. The Labute approximate surface area is 121 Å². The molecular weight excluding hydrogens is 272 g/mol. The first-order chi connectivity index (χ1) is 10.2. The Hall–Kier alpha value is -1.40. The zero-order chi connectivity index (χ0) is 14.2. The molecule has 0 aromatic heterocycles. The Morgan fingerprint density at radius 2 is 1.90 bits per heavy atom. The van der Waals surface area contributed by atoms with Crippen molar-refractivity contribution in [3.8, 4) is 5.75 Å². The van der Waals surface area contributed by atoms with E-state index in [0.29, 0.717) is 18.8 Å². The monoisotopic (exact) mass is 288 g/mol. The molecule has 3 fully saturated rings. The predicted octanol–water partition coefficient (Wildman–Crippen LogP) is 0.788. The Morgan fingerprint density at radius 1 is 1.14 bits per heavy atom. The van der Waals surface area contributed by atoms with Crippen molar-refractivity contribution in [1.29, 1.82) is 0 Å². The number of aliphatic hydroxyl groups is 1. The highest BCUT2D eigenvalue weighted by Crippen LogP contribution is 2.54. The zero-order valence-corrected chi connectivity index (χ0v) is 11.3. The molecule has 0 amide bonds. The van der Waals surface area contributed by atoms with Crippen molar-refractivity contribution in [2.24, 2.45) is 5.92 Å². The Bertz CT molecular complexity index is 634. The van der Waals surface area contributed by atoms with Crippen molar-refractivity contribution < 1.29 is 24.4 Å². The van der Waals surface area contributed by atoms with E-state index in [1.165, 1.54) is 0 Å². The SMILES string of the molecule is Oc1cccc2c1C=CC1C(C3CO3)OC(C3CO3)C21O. The molecule has 1 aromatic carbocycles. The van der Waals surface area contributed by atoms with Gasteiger partial charge in [-0.05, 0) is 11.6 Å². The van der Waals surface area contributed by atoms with Gasteiger partial charge in [0, 0.05) is 11.5 Å². The number of hydrogen-bond acceptors (Lipinski definition) is 5. The van der Waals surface area contributed by atoms with Gasteiger partial charge in [-0.1, -0.05) is 24.3 Å². The second kappa shape index (κ2) is 3.87. The third-order valence-electron chi connectivity index (χ3n) is 5.01. The third kappa shape index (κ3) is 1.54. The van der Waals surface area contributed by atoms with E-state index in [1.54, 1.807) is 12.1 Å². The predicted molar refractivity (Wildman–Crippen MR) is 72.7 cm³/mol. The lowest BCUT2D eigenvalue weighted by Crippen LogP contribution is -2.45. The van der Waals surface area contributed by atoms with Gasteiger partial charge in [0.05, 0.1) is 19.3 Å². The normalized spacial score (nSPS) is 46.0. The minimum Gasteiger partial charge on any atom is -0.507 e. The molecule has 6 unspecified atom stereocenters. The maximum absolute atomic E-state index is 11.5. The van der Waals surface area contributed by atoms with E-state index >= 15 is 0 Å². The van der Waals surface area contributed by atoms with Gasteiger partial charge in [-0.25, -0.2) is 0 Å². The molecule has 4 aliphatic rings. The zero-order valence-electron chi connectivity index (χ0n) is 11.3. The molecule has 3 aliphatic heterocycles. The van der Waals surface area contributed by atoms with Crippen LogP contribution < -0.4 is 0 Å². The molecule has 5 rings (SSSR count). The lowest BCUT2D eigenvalue weighted by atomic mass is 9.71. The van der Waals surface area contributed by atoms with Crippen LogP contribution in [0.5, 0.6) is 5.75 Å². The van der Waals surface area contributed by atoms with Crippen molar-refractivity contribution in [3.05, 3.63) is 35.4 Å². The van der Waals surface area contributed by atoms with E-state index in [-0.39, 0.29) is 30.0 Å². The summed E-state index contributed by atoms with van der Waals surface area (Å²) in [6, 6.07) is 5.25. The van der Waals surface area contributed by atoms with Gasteiger partial charge in [0.2, 0.25) is 0 Å². The topological polar surface area (TPSA) is 74.8 Å². The summed E-state index contributed by atoms with van der Waals surface area (Å²) in [6.45, 7) is 1.28. The van der Waals surface area contributed by atoms with E-state index in [2.05, 4.69) is 0 Å². The van der Waals surface area contributed by atoms with Crippen LogP contribution in [0.25, 0.3) is 6.08 Å². The highest BCUT2D eigenvalue weighted by Gasteiger charge is 2.64. The van der Waals surface area contributed by atoms with E-state index in [9.17, 15) is 10.2 Å². The van der Waals surface area contributed by atoms with Gasteiger partial charge in [-0.2, -0.15) is 0 Å². The number of benzene rings is 1. The number of fused-ring (bicyclic) bond motifs is 3. The first-order valence-corrected chi connectivity index (χ1v) is 7.31. The fourth-order valence-electron chi connectivity index (χ4n) is 3.83. The molecule has 5 nitrogen and oxygen atoms in total. The number of aromatic hydroxyl groups is 1. The van der Waals surface area contributed by atoms with Crippen molar-refractivity contribution in [2.75, 3.05) is 13.2 Å². The number of phenolic OH excluding ortho intramolecular Hbond substituents is 1. The largest absolute Gasteiger partial charge is 0.507 e. The number of epoxide rings is 2. The van der Waals surface area contributed by atoms with Crippen molar-refractivity contribution in [1.82, 2.24) is 0 Å². The molecule has 5 heteroatoms. The van der Waals surface area contributed by atoms with Crippen LogP contribution in [0, 0.1) is 5.92 Å². The van der Waals surface area contributed by atoms with Crippen LogP contribution in [-0.4, -0.2) is 47.8 Å². The fourth-order valence-corrected chi connectivity index (χ4v) is 3.83. The lowest BCUT2D eigenvalue weighted by Gasteiger charge is -2.36. The van der Waals surface area contributed by atoms with Gasteiger partial charge in [0.25, 0.3) is 0 Å². The van der Waals surface area contributed by atoms with Gasteiger partial charge < -0.3 is 24.4 Å². The molecular formula is C16H16O5. The van der Waals surface area contributed by atoms with Crippen LogP contribution in [0.4, 0.5) is 0 Å². The number of phenols is 1. The fraction of sp³-hybridized carbons (Fsp3) is 0.500. The van der Waals surface area contributed by atoms with Crippen LogP contribution in [0.2, 0.25) is 0 Å². The van der Waals surface area contributed by atoms with Crippen LogP contribution in [0.15, 0.2) is 24.3 Å². The van der Waals surface area contributed by atoms with Gasteiger partial charge in [-0.3, -0.25) is 0 Å². The molecule has 0 spiro atoms. The van der Waals surface area contributed by atoms with E-state index in [4.69, 9.17) is 14.2 Å². The first-order valence-electron chi connectivity index (χ1n) is 7.31. The molecule has 0 bridgehead atoms. The average Bonchev–Trinajstić information content (AvgIpc) is 3.36. The summed E-state index contributed by atoms with van der Waals surface area (Å²) in [7, 11) is 0. The van der Waals surface area contributed by atoms with Gasteiger partial charge in [0.15, 0.2) is 0 Å². The summed E-state index contributed by atoms with van der Waals surface area (Å²) < 4.78 is 16.9. The summed E-state index contributed by atoms with van der Waals surface area (Å²) in [5, 5.41) is 21.5. The molecule has 1 aliphatic carbocycles. The molecule has 21 heavy (non-hydrogen) atoms. The summed E-state index contributed by atoms with van der Waals surface area (Å²) in [5.41, 5.74) is 0.224. The van der Waals surface area contributed by atoms with Crippen LogP contribution in [-0.2, 0) is 19.8 Å². The molecule has 0 radical (unpaired) electrons. The number of hydrogen-bond donors (Lipinski definition) is 2.